The summed E-state index contributed by atoms with van der Waals surface area (Å²) in [6.07, 6.45) is 6.91. The van der Waals surface area contributed by atoms with Crippen LogP contribution in [0.5, 0.6) is 0 Å². The van der Waals surface area contributed by atoms with Crippen LogP contribution in [-0.2, 0) is 11.2 Å². The fourth-order valence-electron chi connectivity index (χ4n) is 3.46. The Kier molecular flexibility index (Phi) is 5.66. The third kappa shape index (κ3) is 5.41. The summed E-state index contributed by atoms with van der Waals surface area (Å²) in [4.78, 5) is 10.9. The average molecular weight is 288 g/mol. The molecule has 0 aromatic heterocycles. The third-order valence-corrected chi connectivity index (χ3v) is 4.29. The van der Waals surface area contributed by atoms with Gasteiger partial charge in [-0.25, -0.2) is 0 Å². The quantitative estimate of drug-likeness (QED) is 0.838. The molecule has 1 fully saturated rings. The third-order valence-electron chi connectivity index (χ3n) is 4.29. The van der Waals surface area contributed by atoms with Gasteiger partial charge in [-0.1, -0.05) is 38.8 Å². The van der Waals surface area contributed by atoms with Gasteiger partial charge in [0.1, 0.15) is 0 Å². The van der Waals surface area contributed by atoms with Crippen molar-refractivity contribution in [2.24, 2.45) is 17.6 Å². The normalized spacial score (nSPS) is 22.2. The molecule has 0 aliphatic heterocycles. The first-order chi connectivity index (χ1) is 10.0. The Balaban J connectivity index is 1.87. The van der Waals surface area contributed by atoms with Gasteiger partial charge in [-0.2, -0.15) is 0 Å². The summed E-state index contributed by atoms with van der Waals surface area (Å²) in [6.45, 7) is 4.63. The number of primary amides is 1. The number of nitrogens with two attached hydrogens (primary N) is 1. The predicted molar refractivity (Wildman–Crippen MR) is 88.2 cm³/mol. The summed E-state index contributed by atoms with van der Waals surface area (Å²) in [5.41, 5.74) is 7.34. The maximum atomic E-state index is 10.9. The molecule has 21 heavy (non-hydrogen) atoms. The molecule has 1 aromatic carbocycles. The van der Waals surface area contributed by atoms with Crippen LogP contribution in [0.15, 0.2) is 24.3 Å². The zero-order valence-corrected chi connectivity index (χ0v) is 13.3. The van der Waals surface area contributed by atoms with E-state index >= 15 is 0 Å². The van der Waals surface area contributed by atoms with E-state index in [9.17, 15) is 4.79 Å². The molecule has 116 valence electrons. The zero-order valence-electron chi connectivity index (χ0n) is 13.3. The van der Waals surface area contributed by atoms with Gasteiger partial charge in [-0.3, -0.25) is 4.79 Å². The second kappa shape index (κ2) is 7.48. The lowest BCUT2D eigenvalue weighted by Gasteiger charge is -2.31. The molecule has 3 nitrogen and oxygen atoms in total. The van der Waals surface area contributed by atoms with E-state index < -0.39 is 0 Å². The molecule has 0 spiro atoms. The number of rotatable bonds is 6. The molecule has 0 radical (unpaired) electrons. The van der Waals surface area contributed by atoms with Gasteiger partial charge < -0.3 is 11.1 Å². The molecule has 2 unspecified atom stereocenters. The topological polar surface area (TPSA) is 55.1 Å². The molecule has 0 saturated heterocycles. The largest absolute Gasteiger partial charge is 0.382 e. The molecule has 2 atom stereocenters. The maximum absolute atomic E-state index is 10.9. The Morgan fingerprint density at radius 1 is 1.29 bits per heavy atom. The van der Waals surface area contributed by atoms with E-state index in [1.54, 1.807) is 0 Å². The summed E-state index contributed by atoms with van der Waals surface area (Å²) in [5.74, 6) is 1.38. The molecule has 0 bridgehead atoms. The lowest BCUT2D eigenvalue weighted by molar-refractivity contribution is -0.117. The Morgan fingerprint density at radius 2 is 2.00 bits per heavy atom. The fraction of sp³-hybridized carbons (Fsp3) is 0.611. The summed E-state index contributed by atoms with van der Waals surface area (Å²) < 4.78 is 0. The molecular formula is C18H28N2O. The summed E-state index contributed by atoms with van der Waals surface area (Å²) in [7, 11) is 0. The van der Waals surface area contributed by atoms with Crippen molar-refractivity contribution in [2.75, 3.05) is 5.32 Å². The highest BCUT2D eigenvalue weighted by molar-refractivity contribution is 5.76. The molecule has 1 saturated carbocycles. The molecule has 1 aliphatic rings. The molecule has 1 aliphatic carbocycles. The molecule has 3 heteroatoms. The maximum Gasteiger partial charge on any atom is 0.221 e. The molecule has 1 amide bonds. The van der Waals surface area contributed by atoms with E-state index in [0.29, 0.717) is 12.5 Å². The van der Waals surface area contributed by atoms with E-state index in [1.807, 2.05) is 12.1 Å². The van der Waals surface area contributed by atoms with E-state index in [1.165, 1.54) is 32.1 Å². The Bertz CT molecular complexity index is 453. The highest BCUT2D eigenvalue weighted by atomic mass is 16.1. The average Bonchev–Trinajstić information content (AvgIpc) is 2.40. The number of carbonyl (C=O) groups is 1. The van der Waals surface area contributed by atoms with Crippen molar-refractivity contribution >= 4 is 11.6 Å². The number of anilines is 1. The Morgan fingerprint density at radius 3 is 2.62 bits per heavy atom. The van der Waals surface area contributed by atoms with Gasteiger partial charge in [0.25, 0.3) is 0 Å². The van der Waals surface area contributed by atoms with Gasteiger partial charge >= 0.3 is 0 Å². The summed E-state index contributed by atoms with van der Waals surface area (Å²) in [5, 5.41) is 3.65. The molecule has 2 rings (SSSR count). The highest BCUT2D eigenvalue weighted by Crippen LogP contribution is 2.31. The first-order valence-corrected chi connectivity index (χ1v) is 8.16. The van der Waals surface area contributed by atoms with Crippen molar-refractivity contribution in [3.63, 3.8) is 0 Å². The molecule has 1 aromatic rings. The van der Waals surface area contributed by atoms with Crippen molar-refractivity contribution in [1.29, 1.82) is 0 Å². The van der Waals surface area contributed by atoms with E-state index in [4.69, 9.17) is 5.73 Å². The van der Waals surface area contributed by atoms with Gasteiger partial charge in [0.05, 0.1) is 6.42 Å². The minimum Gasteiger partial charge on any atom is -0.382 e. The van der Waals surface area contributed by atoms with E-state index in [2.05, 4.69) is 31.3 Å². The monoisotopic (exact) mass is 288 g/mol. The highest BCUT2D eigenvalue weighted by Gasteiger charge is 2.22. The standard InChI is InChI=1S/C18H28N2O/c1-13(2)10-15-4-3-5-17(11-15)20-16-8-6-14(7-9-16)12-18(19)21/h6-9,13,15,17,20H,3-5,10-12H2,1-2H3,(H2,19,21). The lowest BCUT2D eigenvalue weighted by atomic mass is 9.81. The molecule has 3 N–H and O–H groups in total. The first-order valence-electron chi connectivity index (χ1n) is 8.16. The van der Waals surface area contributed by atoms with Gasteiger partial charge in [0.15, 0.2) is 0 Å². The zero-order chi connectivity index (χ0) is 15.2. The van der Waals surface area contributed by atoms with Crippen LogP contribution in [0.4, 0.5) is 5.69 Å². The predicted octanol–water partition coefficient (Wildman–Crippen LogP) is 3.73. The summed E-state index contributed by atoms with van der Waals surface area (Å²) in [6, 6.07) is 8.68. The number of hydrogen-bond donors (Lipinski definition) is 2. The second-order valence-electron chi connectivity index (χ2n) is 6.84. The number of carbonyl (C=O) groups excluding carboxylic acids is 1. The molecule has 0 heterocycles. The van der Waals surface area contributed by atoms with Crippen LogP contribution >= 0.6 is 0 Å². The van der Waals surface area contributed by atoms with E-state index in [0.717, 1.165) is 23.1 Å². The van der Waals surface area contributed by atoms with Crippen LogP contribution in [-0.4, -0.2) is 11.9 Å². The van der Waals surface area contributed by atoms with Crippen molar-refractivity contribution < 1.29 is 4.79 Å². The lowest BCUT2D eigenvalue weighted by Crippen LogP contribution is -2.27. The van der Waals surface area contributed by atoms with Crippen LogP contribution in [0.2, 0.25) is 0 Å². The smallest absolute Gasteiger partial charge is 0.221 e. The Labute approximate surface area is 128 Å². The minimum atomic E-state index is -0.278. The second-order valence-corrected chi connectivity index (χ2v) is 6.84. The van der Waals surface area contributed by atoms with Crippen molar-refractivity contribution in [3.05, 3.63) is 29.8 Å². The van der Waals surface area contributed by atoms with Crippen LogP contribution < -0.4 is 11.1 Å². The molecular weight excluding hydrogens is 260 g/mol. The van der Waals surface area contributed by atoms with Gasteiger partial charge in [-0.15, -0.1) is 0 Å². The number of amides is 1. The van der Waals surface area contributed by atoms with Crippen LogP contribution in [0.1, 0.15) is 51.5 Å². The number of hydrogen-bond acceptors (Lipinski definition) is 2. The van der Waals surface area contributed by atoms with Crippen molar-refractivity contribution in [1.82, 2.24) is 0 Å². The van der Waals surface area contributed by atoms with Crippen LogP contribution in [0, 0.1) is 11.8 Å². The van der Waals surface area contributed by atoms with Crippen LogP contribution in [0.25, 0.3) is 0 Å². The first kappa shape index (κ1) is 15.9. The van der Waals surface area contributed by atoms with E-state index in [-0.39, 0.29) is 5.91 Å². The number of nitrogens with one attached hydrogen (secondary N) is 1. The SMILES string of the molecule is CC(C)CC1CCCC(Nc2ccc(CC(N)=O)cc2)C1. The fourth-order valence-corrected chi connectivity index (χ4v) is 3.46. The van der Waals surface area contributed by atoms with Gasteiger partial charge in [0, 0.05) is 11.7 Å². The minimum absolute atomic E-state index is 0.278. The van der Waals surface area contributed by atoms with Crippen molar-refractivity contribution in [2.45, 2.75) is 58.4 Å². The number of benzene rings is 1. The van der Waals surface area contributed by atoms with Gasteiger partial charge in [0.2, 0.25) is 5.91 Å². The van der Waals surface area contributed by atoms with Crippen LogP contribution in [0.3, 0.4) is 0 Å². The van der Waals surface area contributed by atoms with Crippen molar-refractivity contribution in [3.8, 4) is 0 Å². The Hall–Kier alpha value is -1.51. The van der Waals surface area contributed by atoms with Gasteiger partial charge in [-0.05, 0) is 48.8 Å². The summed E-state index contributed by atoms with van der Waals surface area (Å²) >= 11 is 0.